The highest BCUT2D eigenvalue weighted by molar-refractivity contribution is 7.91. The number of carbonyl (C=O) groups excluding carboxylic acids is 2. The van der Waals surface area contributed by atoms with Crippen LogP contribution in [0.25, 0.3) is 21.5 Å². The van der Waals surface area contributed by atoms with Gasteiger partial charge in [-0.2, -0.15) is 0 Å². The van der Waals surface area contributed by atoms with Crippen LogP contribution in [0.4, 0.5) is 0 Å². The quantitative estimate of drug-likeness (QED) is 0.323. The van der Waals surface area contributed by atoms with Crippen LogP contribution in [0.1, 0.15) is 65.9 Å². The van der Waals surface area contributed by atoms with Crippen molar-refractivity contribution >= 4 is 43.0 Å². The summed E-state index contributed by atoms with van der Waals surface area (Å²) in [5, 5.41) is 4.48. The summed E-state index contributed by atoms with van der Waals surface area (Å²) in [6.07, 6.45) is 3.35. The summed E-state index contributed by atoms with van der Waals surface area (Å²) in [4.78, 5) is 38.4. The molecule has 0 radical (unpaired) electrons. The van der Waals surface area contributed by atoms with Crippen LogP contribution in [0.2, 0.25) is 0 Å². The lowest BCUT2D eigenvalue weighted by atomic mass is 9.76. The number of piperidine rings is 1. The van der Waals surface area contributed by atoms with Gasteiger partial charge in [0.15, 0.2) is 15.6 Å². The molecule has 242 valence electrons. The van der Waals surface area contributed by atoms with Gasteiger partial charge < -0.3 is 15.2 Å². The number of hydrogen-bond donors (Lipinski definition) is 2. The Labute approximate surface area is 270 Å². The minimum atomic E-state index is -2.90. The van der Waals surface area contributed by atoms with Gasteiger partial charge in [0, 0.05) is 67.4 Å². The van der Waals surface area contributed by atoms with Gasteiger partial charge >= 0.3 is 0 Å². The molecular formula is C35H46N4O4S2. The third-order valence-electron chi connectivity index (χ3n) is 11.0. The number of aromatic amines is 1. The number of carbonyl (C=O) groups is 2. The first-order valence-electron chi connectivity index (χ1n) is 16.6. The van der Waals surface area contributed by atoms with E-state index in [2.05, 4.69) is 72.1 Å². The molecule has 8 nitrogen and oxygen atoms in total. The van der Waals surface area contributed by atoms with E-state index < -0.39 is 15.3 Å². The molecule has 4 unspecified atom stereocenters. The van der Waals surface area contributed by atoms with Crippen molar-refractivity contribution in [2.75, 3.05) is 50.8 Å². The Morgan fingerprint density at radius 3 is 2.33 bits per heavy atom. The number of aryl methyl sites for hydroxylation is 2. The first-order valence-corrected chi connectivity index (χ1v) is 19.3. The zero-order valence-corrected chi connectivity index (χ0v) is 28.6. The number of H-pyrrole nitrogens is 1. The van der Waals surface area contributed by atoms with E-state index in [-0.39, 0.29) is 23.5 Å². The number of aromatic nitrogens is 1. The monoisotopic (exact) mass is 650 g/mol. The number of ketones is 2. The van der Waals surface area contributed by atoms with E-state index in [1.165, 1.54) is 0 Å². The van der Waals surface area contributed by atoms with Gasteiger partial charge in [0.1, 0.15) is 10.6 Å². The molecule has 4 fully saturated rings. The molecule has 0 amide bonds. The number of rotatable bonds is 9. The number of Topliss-reactive ketones (excluding diaryl/α,β-unsaturated/α-hetero) is 2. The van der Waals surface area contributed by atoms with Crippen LogP contribution in [0.5, 0.6) is 0 Å². The number of sulfone groups is 1. The van der Waals surface area contributed by atoms with Gasteiger partial charge in [-0.15, -0.1) is 11.3 Å². The Balaban J connectivity index is 1.13. The van der Waals surface area contributed by atoms with Gasteiger partial charge in [0.05, 0.1) is 28.2 Å². The zero-order valence-electron chi connectivity index (χ0n) is 26.9. The summed E-state index contributed by atoms with van der Waals surface area (Å²) < 4.78 is 24.0. The molecule has 1 aliphatic carbocycles. The van der Waals surface area contributed by atoms with Crippen LogP contribution < -0.4 is 5.32 Å². The van der Waals surface area contributed by atoms with E-state index in [1.807, 2.05) is 0 Å². The fraction of sp³-hybridized carbons (Fsp3) is 0.600. The fourth-order valence-electron chi connectivity index (χ4n) is 8.49. The van der Waals surface area contributed by atoms with Gasteiger partial charge in [0.25, 0.3) is 0 Å². The zero-order chi connectivity index (χ0) is 31.7. The van der Waals surface area contributed by atoms with Crippen molar-refractivity contribution in [3.05, 3.63) is 45.8 Å². The summed E-state index contributed by atoms with van der Waals surface area (Å²) in [5.74, 6) is 1.53. The third kappa shape index (κ3) is 5.86. The predicted molar refractivity (Wildman–Crippen MR) is 181 cm³/mol. The van der Waals surface area contributed by atoms with Crippen LogP contribution in [0.3, 0.4) is 0 Å². The van der Waals surface area contributed by atoms with Gasteiger partial charge in [-0.25, -0.2) is 8.42 Å². The molecule has 1 saturated carbocycles. The van der Waals surface area contributed by atoms with E-state index in [4.69, 9.17) is 0 Å². The normalized spacial score (nSPS) is 27.1. The second-order valence-corrected chi connectivity index (χ2v) is 17.9. The Hall–Kier alpha value is -2.37. The molecule has 7 rings (SSSR count). The van der Waals surface area contributed by atoms with Crippen LogP contribution in [0.15, 0.2) is 24.3 Å². The highest BCUT2D eigenvalue weighted by atomic mass is 32.2. The molecule has 1 aromatic carbocycles. The molecule has 2 aromatic heterocycles. The first-order chi connectivity index (χ1) is 21.4. The fourth-order valence-corrected chi connectivity index (χ4v) is 11.4. The average Bonchev–Trinajstić information content (AvgIpc) is 3.81. The van der Waals surface area contributed by atoms with Crippen molar-refractivity contribution in [2.24, 2.45) is 11.8 Å². The van der Waals surface area contributed by atoms with Crippen LogP contribution in [-0.2, 0) is 20.0 Å². The highest BCUT2D eigenvalue weighted by Crippen LogP contribution is 2.45. The van der Waals surface area contributed by atoms with Crippen molar-refractivity contribution in [1.29, 1.82) is 0 Å². The molecule has 45 heavy (non-hydrogen) atoms. The Bertz CT molecular complexity index is 1710. The average molecular weight is 651 g/mol. The molecule has 3 saturated heterocycles. The van der Waals surface area contributed by atoms with E-state index in [9.17, 15) is 18.0 Å². The minimum Gasteiger partial charge on any atom is -0.346 e. The number of nitrogens with one attached hydrogen (secondary N) is 2. The second kappa shape index (κ2) is 11.7. The predicted octanol–water partition coefficient (Wildman–Crippen LogP) is 4.74. The van der Waals surface area contributed by atoms with Crippen molar-refractivity contribution in [3.8, 4) is 11.3 Å². The lowest BCUT2D eigenvalue weighted by Gasteiger charge is -2.37. The van der Waals surface area contributed by atoms with Crippen LogP contribution in [0, 0.1) is 25.7 Å². The Morgan fingerprint density at radius 1 is 1.00 bits per heavy atom. The van der Waals surface area contributed by atoms with Crippen LogP contribution >= 0.6 is 11.3 Å². The maximum atomic E-state index is 14.2. The number of thiophene rings is 1. The SMILES string of the molecule is Cc1cc(C)cc(-c2[nH]c3sc(C(C)(C)C(=O)C4C5CCC4NC5)cc3c2C(=O)CCN2CCN(C3CCS(=O)(=O)C3)CC2)c1. The van der Waals surface area contributed by atoms with Gasteiger partial charge in [-0.3, -0.25) is 14.5 Å². The number of nitrogens with zero attached hydrogens (tertiary/aromatic N) is 2. The molecule has 2 bridgehead atoms. The van der Waals surface area contributed by atoms with Crippen molar-refractivity contribution in [2.45, 2.75) is 70.9 Å². The topological polar surface area (TPSA) is 103 Å². The maximum Gasteiger partial charge on any atom is 0.166 e. The molecule has 4 atom stereocenters. The second-order valence-electron chi connectivity index (χ2n) is 14.6. The van der Waals surface area contributed by atoms with E-state index in [0.29, 0.717) is 36.5 Å². The number of hydrogen-bond acceptors (Lipinski definition) is 8. The molecule has 0 spiro atoms. The van der Waals surface area contributed by atoms with Crippen molar-refractivity contribution in [1.82, 2.24) is 20.1 Å². The lowest BCUT2D eigenvalue weighted by Crippen LogP contribution is -2.51. The van der Waals surface area contributed by atoms with Crippen molar-refractivity contribution < 1.29 is 18.0 Å². The Morgan fingerprint density at radius 2 is 1.73 bits per heavy atom. The minimum absolute atomic E-state index is 0.0749. The third-order valence-corrected chi connectivity index (χ3v) is 14.2. The van der Waals surface area contributed by atoms with E-state index in [0.717, 1.165) is 95.0 Å². The van der Waals surface area contributed by atoms with Gasteiger partial charge in [-0.1, -0.05) is 17.2 Å². The molecule has 3 aromatic rings. The van der Waals surface area contributed by atoms with Gasteiger partial charge in [0.2, 0.25) is 0 Å². The molecule has 5 heterocycles. The molecule has 4 aliphatic rings. The first kappa shape index (κ1) is 31.2. The summed E-state index contributed by atoms with van der Waals surface area (Å²) in [6, 6.07) is 8.97. The number of benzene rings is 1. The Kier molecular flexibility index (Phi) is 8.12. The largest absolute Gasteiger partial charge is 0.346 e. The number of fused-ring (bicyclic) bond motifs is 3. The smallest absolute Gasteiger partial charge is 0.166 e. The van der Waals surface area contributed by atoms with E-state index in [1.54, 1.807) is 11.3 Å². The van der Waals surface area contributed by atoms with E-state index >= 15 is 0 Å². The number of piperazine rings is 1. The summed E-state index contributed by atoms with van der Waals surface area (Å²) in [6.45, 7) is 13.3. The standard InChI is InChI=1S/C35H46N4O4S2/c1-21-15-22(2)17-24(16-21)32-31(28(40)7-9-38-10-12-39(13-11-38)25-8-14-45(42,43)20-25)26-18-29(44-34(26)37-32)35(3,4)33(41)30-23-5-6-27(30)36-19-23/h15-18,23,25,27,30,36-37H,5-14,19-20H2,1-4H3. The maximum absolute atomic E-state index is 14.2. The summed E-state index contributed by atoms with van der Waals surface area (Å²) >= 11 is 1.62. The summed E-state index contributed by atoms with van der Waals surface area (Å²) in [5.41, 5.74) is 4.31. The van der Waals surface area contributed by atoms with Crippen molar-refractivity contribution in [3.63, 3.8) is 0 Å². The van der Waals surface area contributed by atoms with Gasteiger partial charge in [-0.05, 0) is 83.2 Å². The molecule has 3 aliphatic heterocycles. The molecule has 10 heteroatoms. The van der Waals surface area contributed by atoms with Crippen LogP contribution in [-0.4, -0.2) is 97.6 Å². The lowest BCUT2D eigenvalue weighted by molar-refractivity contribution is -0.128. The summed E-state index contributed by atoms with van der Waals surface area (Å²) in [7, 11) is -2.90. The molecular weight excluding hydrogens is 605 g/mol. The molecule has 2 N–H and O–H groups in total. The highest BCUT2D eigenvalue weighted by Gasteiger charge is 2.50.